The quantitative estimate of drug-likeness (QED) is 0.181. The van der Waals surface area contributed by atoms with Crippen molar-refractivity contribution in [3.8, 4) is 0 Å². The Balaban J connectivity index is 1.24. The number of hydrogen-bond donors (Lipinski definition) is 4. The summed E-state index contributed by atoms with van der Waals surface area (Å²) in [6, 6.07) is 4.44. The van der Waals surface area contributed by atoms with Gasteiger partial charge in [-0.15, -0.1) is 0 Å². The van der Waals surface area contributed by atoms with E-state index in [4.69, 9.17) is 0 Å². The molecule has 1 heterocycles. The molecule has 7 atom stereocenters. The van der Waals surface area contributed by atoms with Crippen LogP contribution in [0.4, 0.5) is 0 Å². The summed E-state index contributed by atoms with van der Waals surface area (Å²) in [6.07, 6.45) is 21.2. The fourth-order valence-corrected chi connectivity index (χ4v) is 8.51. The van der Waals surface area contributed by atoms with Crippen LogP contribution in [0.2, 0.25) is 0 Å². The summed E-state index contributed by atoms with van der Waals surface area (Å²) in [6.45, 7) is 11.2. The lowest BCUT2D eigenvalue weighted by Crippen LogP contribution is -2.35. The van der Waals surface area contributed by atoms with Crippen LogP contribution in [-0.2, 0) is 11.8 Å². The van der Waals surface area contributed by atoms with E-state index >= 15 is 0 Å². The molecule has 4 nitrogen and oxygen atoms in total. The van der Waals surface area contributed by atoms with E-state index in [2.05, 4.69) is 68.8 Å². The lowest BCUT2D eigenvalue weighted by molar-refractivity contribution is 0.0862. The van der Waals surface area contributed by atoms with Crippen LogP contribution in [0.15, 0.2) is 59.7 Å². The van der Waals surface area contributed by atoms with Crippen LogP contribution in [0.1, 0.15) is 109 Å². The molecule has 4 heteroatoms. The van der Waals surface area contributed by atoms with E-state index in [1.165, 1.54) is 61.9 Å². The number of allylic oxidation sites excluding steroid dienone is 4. The highest BCUT2D eigenvalue weighted by molar-refractivity contribution is 5.39. The van der Waals surface area contributed by atoms with Crippen molar-refractivity contribution in [1.29, 1.82) is 0 Å². The van der Waals surface area contributed by atoms with Gasteiger partial charge in [0, 0.05) is 23.2 Å². The van der Waals surface area contributed by atoms with Gasteiger partial charge in [0.15, 0.2) is 0 Å². The monoisotopic (exact) mass is 547 g/mol. The number of hydrogen-bond acceptors (Lipinski definition) is 3. The summed E-state index contributed by atoms with van der Waals surface area (Å²) in [5.41, 5.74) is 5.96. The Bertz CT molecular complexity index is 1140. The normalized spacial score (nSPS) is 35.4. The first kappa shape index (κ1) is 29.6. The molecule has 0 aliphatic heterocycles. The maximum Gasteiger partial charge on any atom is 0.0831 e. The molecule has 0 spiro atoms. The van der Waals surface area contributed by atoms with Crippen molar-refractivity contribution in [3.63, 3.8) is 0 Å². The summed E-state index contributed by atoms with van der Waals surface area (Å²) in [5.74, 6) is 1.61. The van der Waals surface area contributed by atoms with Crippen LogP contribution in [0.25, 0.3) is 0 Å². The van der Waals surface area contributed by atoms with Crippen LogP contribution < -0.4 is 0 Å². The second-order valence-corrected chi connectivity index (χ2v) is 13.9. The molecule has 0 bridgehead atoms. The number of aliphatic hydroxyl groups excluding tert-OH is 3. The largest absolute Gasteiger partial charge is 0.393 e. The van der Waals surface area contributed by atoms with E-state index < -0.39 is 18.3 Å². The van der Waals surface area contributed by atoms with Crippen molar-refractivity contribution < 1.29 is 15.3 Å². The molecule has 4 N–H and O–H groups in total. The molecule has 220 valence electrons. The first-order valence-corrected chi connectivity index (χ1v) is 16.2. The number of aliphatic hydroxyl groups is 3. The number of nitrogens with one attached hydrogen (secondary N) is 1. The van der Waals surface area contributed by atoms with Crippen molar-refractivity contribution in [2.75, 3.05) is 0 Å². The van der Waals surface area contributed by atoms with Crippen LogP contribution in [0.3, 0.4) is 0 Å². The number of unbranched alkanes of at least 4 members (excludes halogenated alkanes) is 2. The fourth-order valence-electron chi connectivity index (χ4n) is 8.51. The predicted molar refractivity (Wildman–Crippen MR) is 164 cm³/mol. The summed E-state index contributed by atoms with van der Waals surface area (Å²) < 4.78 is 0. The first-order chi connectivity index (χ1) is 19.2. The Labute approximate surface area is 242 Å². The summed E-state index contributed by atoms with van der Waals surface area (Å²) in [7, 11) is 0. The van der Waals surface area contributed by atoms with Gasteiger partial charge < -0.3 is 20.3 Å². The SMILES string of the molecule is C=C1C(=CC=C2CCC[C@]3(C)[C@@H]([C@H](C)C=C[C@@H](O)C4(c5ccc(CCCCC)[nH]5)CC4)CC[C@@H]23)C[C@@H](O)C[C@@H]1O. The fraction of sp³-hybridized carbons (Fsp3) is 0.667. The van der Waals surface area contributed by atoms with Gasteiger partial charge in [0.2, 0.25) is 0 Å². The molecule has 1 aromatic heterocycles. The van der Waals surface area contributed by atoms with Gasteiger partial charge in [-0.1, -0.05) is 70.1 Å². The molecule has 4 aliphatic carbocycles. The molecule has 0 saturated heterocycles. The molecule has 0 radical (unpaired) electrons. The van der Waals surface area contributed by atoms with Gasteiger partial charge in [-0.25, -0.2) is 0 Å². The Kier molecular flexibility index (Phi) is 9.00. The summed E-state index contributed by atoms with van der Waals surface area (Å²) in [5, 5.41) is 31.7. The van der Waals surface area contributed by atoms with Gasteiger partial charge in [0.05, 0.1) is 18.3 Å². The van der Waals surface area contributed by atoms with Gasteiger partial charge in [-0.2, -0.15) is 0 Å². The highest BCUT2D eigenvalue weighted by Crippen LogP contribution is 2.60. The number of rotatable bonds is 10. The molecule has 0 unspecified atom stereocenters. The van der Waals surface area contributed by atoms with Crippen LogP contribution in [0.5, 0.6) is 0 Å². The second-order valence-electron chi connectivity index (χ2n) is 13.9. The molecule has 0 amide bonds. The zero-order chi connectivity index (χ0) is 28.5. The highest BCUT2D eigenvalue weighted by Gasteiger charge is 2.52. The molecule has 4 saturated carbocycles. The molecule has 40 heavy (non-hydrogen) atoms. The van der Waals surface area contributed by atoms with Gasteiger partial charge >= 0.3 is 0 Å². The molecule has 0 aromatic carbocycles. The van der Waals surface area contributed by atoms with Crippen LogP contribution >= 0.6 is 0 Å². The molecular formula is C36H53NO3. The van der Waals surface area contributed by atoms with Gasteiger partial charge in [0.25, 0.3) is 0 Å². The van der Waals surface area contributed by atoms with E-state index in [1.807, 2.05) is 0 Å². The van der Waals surface area contributed by atoms with E-state index in [1.54, 1.807) is 0 Å². The van der Waals surface area contributed by atoms with E-state index in [9.17, 15) is 15.3 Å². The lowest BCUT2D eigenvalue weighted by Gasteiger charge is -2.44. The number of aromatic amines is 1. The molecule has 5 rings (SSSR count). The zero-order valence-electron chi connectivity index (χ0n) is 25.2. The van der Waals surface area contributed by atoms with E-state index in [0.29, 0.717) is 30.6 Å². The topological polar surface area (TPSA) is 76.5 Å². The zero-order valence-corrected chi connectivity index (χ0v) is 25.2. The van der Waals surface area contributed by atoms with Gasteiger partial charge in [-0.3, -0.25) is 0 Å². The molecule has 1 aromatic rings. The summed E-state index contributed by atoms with van der Waals surface area (Å²) >= 11 is 0. The number of aromatic nitrogens is 1. The minimum absolute atomic E-state index is 0.125. The van der Waals surface area contributed by atoms with Crippen LogP contribution in [0, 0.1) is 23.2 Å². The van der Waals surface area contributed by atoms with Crippen molar-refractivity contribution in [2.45, 2.75) is 128 Å². The predicted octanol–water partition coefficient (Wildman–Crippen LogP) is 7.47. The Morgan fingerprint density at radius 3 is 2.65 bits per heavy atom. The van der Waals surface area contributed by atoms with Gasteiger partial charge in [0.1, 0.15) is 0 Å². The first-order valence-electron chi connectivity index (χ1n) is 16.2. The Morgan fingerprint density at radius 2 is 1.90 bits per heavy atom. The van der Waals surface area contributed by atoms with Gasteiger partial charge in [-0.05, 0) is 111 Å². The minimum atomic E-state index is -0.636. The molecule has 4 fully saturated rings. The smallest absolute Gasteiger partial charge is 0.0831 e. The van der Waals surface area contributed by atoms with Crippen molar-refractivity contribution in [3.05, 3.63) is 71.1 Å². The number of aryl methyl sites for hydroxylation is 1. The Hall–Kier alpha value is -1.88. The van der Waals surface area contributed by atoms with Crippen LogP contribution in [-0.4, -0.2) is 38.6 Å². The standard InChI is InChI=1S/C36H53NO3/c1-5-6-7-10-28-14-17-33(37-28)36(20-21-36)34(40)18-11-24(2)30-15-16-31-26(9-8-19-35(30,31)4)12-13-27-22-29(38)23-32(39)25(27)3/h11-14,17-18,24,29-32,34,37-40H,3,5-10,15-16,19-23H2,1-2,4H3/t24-,29-,30-,31+,32+,34-,35-/m1/s1. The number of H-pyrrole nitrogens is 1. The van der Waals surface area contributed by atoms with Crippen molar-refractivity contribution in [2.24, 2.45) is 23.2 Å². The third kappa shape index (κ3) is 5.87. The molecular weight excluding hydrogens is 494 g/mol. The van der Waals surface area contributed by atoms with E-state index in [0.717, 1.165) is 36.8 Å². The highest BCUT2D eigenvalue weighted by atomic mass is 16.3. The number of fused-ring (bicyclic) bond motifs is 1. The summed E-state index contributed by atoms with van der Waals surface area (Å²) in [4.78, 5) is 3.65. The third-order valence-electron chi connectivity index (χ3n) is 11.2. The van der Waals surface area contributed by atoms with E-state index in [-0.39, 0.29) is 10.8 Å². The van der Waals surface area contributed by atoms with Crippen molar-refractivity contribution >= 4 is 0 Å². The maximum atomic E-state index is 11.3. The van der Waals surface area contributed by atoms with Crippen molar-refractivity contribution in [1.82, 2.24) is 4.98 Å². The molecule has 4 aliphatic rings. The lowest BCUT2D eigenvalue weighted by atomic mass is 9.61. The average molecular weight is 548 g/mol. The minimum Gasteiger partial charge on any atom is -0.393 e. The average Bonchev–Trinajstić information content (AvgIpc) is 3.46. The Morgan fingerprint density at radius 1 is 1.10 bits per heavy atom. The second kappa shape index (κ2) is 12.2. The third-order valence-corrected chi connectivity index (χ3v) is 11.2. The maximum absolute atomic E-state index is 11.3.